The van der Waals surface area contributed by atoms with E-state index in [0.717, 1.165) is 16.9 Å². The van der Waals surface area contributed by atoms with E-state index in [1.54, 1.807) is 0 Å². The van der Waals surface area contributed by atoms with Gasteiger partial charge in [0, 0.05) is 0 Å². The number of carboxylic acids is 2. The first-order valence-electron chi connectivity index (χ1n) is 8.25. The molecule has 0 fully saturated rings. The Hall–Kier alpha value is -2.82. The largest absolute Gasteiger partial charge is 0.489 e. The Morgan fingerprint density at radius 1 is 0.920 bits per heavy atom. The lowest BCUT2D eigenvalue weighted by molar-refractivity contribution is -0.148. The first kappa shape index (κ1) is 18.5. The molecule has 0 spiro atoms. The molecule has 0 aliphatic heterocycles. The highest BCUT2D eigenvalue weighted by molar-refractivity contribution is 5.77. The fourth-order valence-corrected chi connectivity index (χ4v) is 2.57. The van der Waals surface area contributed by atoms with Gasteiger partial charge in [-0.2, -0.15) is 0 Å². The average Bonchev–Trinajstić information content (AvgIpc) is 2.60. The van der Waals surface area contributed by atoms with Crippen molar-refractivity contribution in [2.45, 2.75) is 32.3 Å². The monoisotopic (exact) mass is 342 g/mol. The topological polar surface area (TPSA) is 83.8 Å². The van der Waals surface area contributed by atoms with Gasteiger partial charge >= 0.3 is 11.9 Å². The van der Waals surface area contributed by atoms with Crippen LogP contribution in [-0.4, -0.2) is 22.2 Å². The van der Waals surface area contributed by atoms with Crippen molar-refractivity contribution in [1.82, 2.24) is 0 Å². The zero-order valence-electron chi connectivity index (χ0n) is 13.9. The van der Waals surface area contributed by atoms with Gasteiger partial charge in [-0.15, -0.1) is 0 Å². The second kappa shape index (κ2) is 9.47. The molecule has 0 saturated heterocycles. The summed E-state index contributed by atoms with van der Waals surface area (Å²) in [6.45, 7) is 0.510. The lowest BCUT2D eigenvalue weighted by Gasteiger charge is -2.10. The summed E-state index contributed by atoms with van der Waals surface area (Å²) in [5, 5.41) is 17.8. The molecule has 2 rings (SSSR count). The SMILES string of the molecule is O=C(O)C[C@@H](CCCc1ccc(OCc2ccccc2)cc1)C(=O)O. The van der Waals surface area contributed by atoms with Crippen molar-refractivity contribution >= 4 is 11.9 Å². The lowest BCUT2D eigenvalue weighted by atomic mass is 9.97. The molecular weight excluding hydrogens is 320 g/mol. The van der Waals surface area contributed by atoms with Crippen molar-refractivity contribution < 1.29 is 24.5 Å². The highest BCUT2D eigenvalue weighted by Crippen LogP contribution is 2.18. The van der Waals surface area contributed by atoms with Crippen LogP contribution in [0.2, 0.25) is 0 Å². The van der Waals surface area contributed by atoms with Crippen molar-refractivity contribution in [2.75, 3.05) is 0 Å². The fourth-order valence-electron chi connectivity index (χ4n) is 2.57. The smallest absolute Gasteiger partial charge is 0.307 e. The van der Waals surface area contributed by atoms with Crippen LogP contribution >= 0.6 is 0 Å². The van der Waals surface area contributed by atoms with Gasteiger partial charge < -0.3 is 14.9 Å². The molecule has 0 saturated carbocycles. The third kappa shape index (κ3) is 6.67. The molecular formula is C20H22O5. The maximum atomic E-state index is 11.0. The van der Waals surface area contributed by atoms with E-state index in [9.17, 15) is 9.59 Å². The van der Waals surface area contributed by atoms with Crippen LogP contribution in [0.4, 0.5) is 0 Å². The second-order valence-electron chi connectivity index (χ2n) is 5.94. The minimum Gasteiger partial charge on any atom is -0.489 e. The first-order valence-corrected chi connectivity index (χ1v) is 8.25. The highest BCUT2D eigenvalue weighted by atomic mass is 16.5. The zero-order valence-corrected chi connectivity index (χ0v) is 13.9. The lowest BCUT2D eigenvalue weighted by Crippen LogP contribution is -2.17. The molecule has 5 heteroatoms. The van der Waals surface area contributed by atoms with Gasteiger partial charge in [-0.05, 0) is 42.5 Å². The van der Waals surface area contributed by atoms with E-state index in [-0.39, 0.29) is 6.42 Å². The molecule has 0 aliphatic rings. The van der Waals surface area contributed by atoms with E-state index in [4.69, 9.17) is 14.9 Å². The van der Waals surface area contributed by atoms with E-state index in [0.29, 0.717) is 25.9 Å². The van der Waals surface area contributed by atoms with Gasteiger partial charge in [0.15, 0.2) is 0 Å². The molecule has 0 aliphatic carbocycles. The summed E-state index contributed by atoms with van der Waals surface area (Å²) in [4.78, 5) is 21.7. The molecule has 25 heavy (non-hydrogen) atoms. The van der Waals surface area contributed by atoms with Gasteiger partial charge in [0.2, 0.25) is 0 Å². The molecule has 0 amide bonds. The predicted octanol–water partition coefficient (Wildman–Crippen LogP) is 3.76. The quantitative estimate of drug-likeness (QED) is 0.687. The van der Waals surface area contributed by atoms with E-state index >= 15 is 0 Å². The minimum atomic E-state index is -1.08. The van der Waals surface area contributed by atoms with Crippen LogP contribution < -0.4 is 4.74 Å². The number of hydrogen-bond acceptors (Lipinski definition) is 3. The van der Waals surface area contributed by atoms with Crippen LogP contribution in [0.5, 0.6) is 5.75 Å². The summed E-state index contributed by atoms with van der Waals surface area (Å²) in [6, 6.07) is 17.6. The Labute approximate surface area is 146 Å². The van der Waals surface area contributed by atoms with Gasteiger partial charge in [0.25, 0.3) is 0 Å². The van der Waals surface area contributed by atoms with E-state index in [1.807, 2.05) is 54.6 Å². The highest BCUT2D eigenvalue weighted by Gasteiger charge is 2.20. The molecule has 0 bridgehead atoms. The maximum absolute atomic E-state index is 11.0. The molecule has 2 aromatic rings. The summed E-state index contributed by atoms with van der Waals surface area (Å²) < 4.78 is 5.72. The van der Waals surface area contributed by atoms with Crippen molar-refractivity contribution in [3.05, 3.63) is 65.7 Å². The second-order valence-corrected chi connectivity index (χ2v) is 5.94. The van der Waals surface area contributed by atoms with Crippen molar-refractivity contribution in [2.24, 2.45) is 5.92 Å². The standard InChI is InChI=1S/C20H22O5/c21-19(22)13-17(20(23)24)8-4-7-15-9-11-18(12-10-15)25-14-16-5-2-1-3-6-16/h1-3,5-6,9-12,17H,4,7-8,13-14H2,(H,21,22)(H,23,24)/t17-/m1/s1. The maximum Gasteiger partial charge on any atom is 0.307 e. The summed E-state index contributed by atoms with van der Waals surface area (Å²) in [7, 11) is 0. The average molecular weight is 342 g/mol. The van der Waals surface area contributed by atoms with Crippen molar-refractivity contribution in [1.29, 1.82) is 0 Å². The number of benzene rings is 2. The molecule has 1 atom stereocenters. The molecule has 0 aromatic heterocycles. The van der Waals surface area contributed by atoms with Crippen LogP contribution in [0, 0.1) is 5.92 Å². The zero-order chi connectivity index (χ0) is 18.1. The van der Waals surface area contributed by atoms with Crippen LogP contribution in [0.1, 0.15) is 30.4 Å². The number of ether oxygens (including phenoxy) is 1. The van der Waals surface area contributed by atoms with E-state index in [2.05, 4.69) is 0 Å². The molecule has 5 nitrogen and oxygen atoms in total. The van der Waals surface area contributed by atoms with Crippen LogP contribution in [-0.2, 0) is 22.6 Å². The van der Waals surface area contributed by atoms with Crippen LogP contribution in [0.25, 0.3) is 0 Å². The van der Waals surface area contributed by atoms with Gasteiger partial charge in [-0.3, -0.25) is 9.59 Å². The van der Waals surface area contributed by atoms with E-state index < -0.39 is 17.9 Å². The summed E-state index contributed by atoms with van der Waals surface area (Å²) in [5.41, 5.74) is 2.18. The Balaban J connectivity index is 1.78. The third-order valence-electron chi connectivity index (χ3n) is 3.96. The predicted molar refractivity (Wildman–Crippen MR) is 93.5 cm³/mol. The molecule has 2 N–H and O–H groups in total. The van der Waals surface area contributed by atoms with Crippen molar-refractivity contribution in [3.63, 3.8) is 0 Å². The molecule has 0 unspecified atom stereocenters. The number of aliphatic carboxylic acids is 2. The number of carboxylic acid groups (broad SMARTS) is 2. The van der Waals surface area contributed by atoms with Crippen LogP contribution in [0.15, 0.2) is 54.6 Å². The number of hydrogen-bond donors (Lipinski definition) is 2. The third-order valence-corrected chi connectivity index (χ3v) is 3.96. The van der Waals surface area contributed by atoms with Gasteiger partial charge in [0.05, 0.1) is 12.3 Å². The minimum absolute atomic E-state index is 0.332. The van der Waals surface area contributed by atoms with Crippen LogP contribution in [0.3, 0.4) is 0 Å². The fraction of sp³-hybridized carbons (Fsp3) is 0.300. The normalized spacial score (nSPS) is 11.7. The Morgan fingerprint density at radius 3 is 2.20 bits per heavy atom. The number of aryl methyl sites for hydroxylation is 1. The van der Waals surface area contributed by atoms with Gasteiger partial charge in [-0.1, -0.05) is 42.5 Å². The van der Waals surface area contributed by atoms with Crippen molar-refractivity contribution in [3.8, 4) is 5.75 Å². The summed E-state index contributed by atoms with van der Waals surface area (Å²) in [5.74, 6) is -2.17. The molecule has 132 valence electrons. The first-order chi connectivity index (χ1) is 12.0. The van der Waals surface area contributed by atoms with Gasteiger partial charge in [-0.25, -0.2) is 0 Å². The Bertz CT molecular complexity index is 679. The molecule has 0 radical (unpaired) electrons. The number of carbonyl (C=O) groups is 2. The molecule has 2 aromatic carbocycles. The molecule has 0 heterocycles. The van der Waals surface area contributed by atoms with E-state index in [1.165, 1.54) is 0 Å². The Morgan fingerprint density at radius 2 is 1.60 bits per heavy atom. The summed E-state index contributed by atoms with van der Waals surface area (Å²) >= 11 is 0. The Kier molecular flexibility index (Phi) is 7.01. The van der Waals surface area contributed by atoms with Gasteiger partial charge in [0.1, 0.15) is 12.4 Å². The summed E-state index contributed by atoms with van der Waals surface area (Å²) in [6.07, 6.45) is 1.37. The number of rotatable bonds is 10.